The lowest BCUT2D eigenvalue weighted by molar-refractivity contribution is 0.0535. The molecule has 0 saturated carbocycles. The summed E-state index contributed by atoms with van der Waals surface area (Å²) in [4.78, 5) is 11.8. The van der Waals surface area contributed by atoms with E-state index in [1.54, 1.807) is 0 Å². The van der Waals surface area contributed by atoms with Gasteiger partial charge in [-0.3, -0.25) is 0 Å². The van der Waals surface area contributed by atoms with E-state index < -0.39 is 38.5 Å². The number of carbonyl (C=O) groups is 1. The summed E-state index contributed by atoms with van der Waals surface area (Å²) in [5, 5.41) is 0. The molecule has 0 aliphatic carbocycles. The molecule has 0 radical (unpaired) electrons. The molecule has 0 unspecified atom stereocenters. The molecule has 0 aromatic heterocycles. The second-order valence-corrected chi connectivity index (χ2v) is 33.0. The molecule has 0 aromatic carbocycles. The third kappa shape index (κ3) is 17.1. The molecule has 0 aromatic rings. The number of carbonyl (C=O) groups excluding carboxylic acids is 1. The SMILES string of the molecule is C=C[Si](C)(C)CC[Si](C)(C)CCCCOC(=O)OCCCC[Si](C)(C)CC[Si](C)(C)C=C. The highest BCUT2D eigenvalue weighted by atomic mass is 28.3. The van der Waals surface area contributed by atoms with Gasteiger partial charge in [-0.1, -0.05) is 101 Å². The fourth-order valence-electron chi connectivity index (χ4n) is 3.54. The molecule has 0 bridgehead atoms. The molecular weight excluding hydrogens is 461 g/mol. The van der Waals surface area contributed by atoms with Crippen molar-refractivity contribution in [2.45, 2.75) is 114 Å². The van der Waals surface area contributed by atoms with Gasteiger partial charge < -0.3 is 9.47 Å². The molecule has 0 aliphatic heterocycles. The molecule has 3 nitrogen and oxygen atoms in total. The summed E-state index contributed by atoms with van der Waals surface area (Å²) in [5.41, 5.74) is 4.43. The Kier molecular flexibility index (Phi) is 14.6. The van der Waals surface area contributed by atoms with Gasteiger partial charge in [0.15, 0.2) is 0 Å². The predicted molar refractivity (Wildman–Crippen MR) is 155 cm³/mol. The van der Waals surface area contributed by atoms with Gasteiger partial charge in [0, 0.05) is 16.1 Å². The van der Waals surface area contributed by atoms with Crippen LogP contribution in [0.1, 0.15) is 25.7 Å². The van der Waals surface area contributed by atoms with E-state index in [-0.39, 0.29) is 0 Å². The summed E-state index contributed by atoms with van der Waals surface area (Å²) in [7, 11) is -4.68. The Morgan fingerprint density at radius 3 is 1.25 bits per heavy atom. The molecule has 188 valence electrons. The third-order valence-electron chi connectivity index (χ3n) is 6.93. The molecule has 0 heterocycles. The lowest BCUT2D eigenvalue weighted by atomic mass is 10.3. The first kappa shape index (κ1) is 31.6. The van der Waals surface area contributed by atoms with Crippen molar-refractivity contribution in [3.63, 3.8) is 0 Å². The van der Waals surface area contributed by atoms with Crippen LogP contribution in [0.25, 0.3) is 0 Å². The second kappa shape index (κ2) is 14.8. The first-order valence-corrected chi connectivity index (χ1v) is 26.1. The quantitative estimate of drug-likeness (QED) is 0.104. The summed E-state index contributed by atoms with van der Waals surface area (Å²) in [6, 6.07) is 8.08. The van der Waals surface area contributed by atoms with Crippen LogP contribution in [0.3, 0.4) is 0 Å². The molecule has 0 saturated heterocycles. The van der Waals surface area contributed by atoms with Gasteiger partial charge in [-0.25, -0.2) is 4.79 Å². The van der Waals surface area contributed by atoms with E-state index >= 15 is 0 Å². The van der Waals surface area contributed by atoms with Gasteiger partial charge in [0.1, 0.15) is 0 Å². The van der Waals surface area contributed by atoms with Gasteiger partial charge in [-0.2, -0.15) is 0 Å². The number of hydrogen-bond donors (Lipinski definition) is 0. The van der Waals surface area contributed by atoms with Crippen molar-refractivity contribution in [3.8, 4) is 0 Å². The summed E-state index contributed by atoms with van der Waals surface area (Å²) < 4.78 is 10.6. The van der Waals surface area contributed by atoms with Crippen LogP contribution in [-0.2, 0) is 9.47 Å². The van der Waals surface area contributed by atoms with E-state index in [4.69, 9.17) is 9.47 Å². The monoisotopic (exact) mass is 514 g/mol. The zero-order chi connectivity index (χ0) is 24.9. The Morgan fingerprint density at radius 2 is 0.938 bits per heavy atom. The van der Waals surface area contributed by atoms with Crippen LogP contribution in [-0.4, -0.2) is 51.7 Å². The smallest absolute Gasteiger partial charge is 0.434 e. The minimum Gasteiger partial charge on any atom is -0.434 e. The Hall–Kier alpha value is -0.382. The predicted octanol–water partition coefficient (Wildman–Crippen LogP) is 8.98. The van der Waals surface area contributed by atoms with Crippen LogP contribution in [0, 0.1) is 0 Å². The molecule has 0 spiro atoms. The Balaban J connectivity index is 3.84. The zero-order valence-electron chi connectivity index (χ0n) is 22.8. The van der Waals surface area contributed by atoms with Crippen LogP contribution in [0.5, 0.6) is 0 Å². The summed E-state index contributed by atoms with van der Waals surface area (Å²) in [6.45, 7) is 28.6. The number of hydrogen-bond acceptors (Lipinski definition) is 3. The Morgan fingerprint density at radius 1 is 0.594 bits per heavy atom. The normalized spacial score (nSPS) is 13.0. The topological polar surface area (TPSA) is 35.5 Å². The maximum atomic E-state index is 11.8. The zero-order valence-corrected chi connectivity index (χ0v) is 26.8. The number of rotatable bonds is 18. The van der Waals surface area contributed by atoms with Gasteiger partial charge in [0.25, 0.3) is 0 Å². The third-order valence-corrected chi connectivity index (χ3v) is 19.8. The molecule has 0 N–H and O–H groups in total. The minimum atomic E-state index is -1.19. The fraction of sp³-hybridized carbons (Fsp3) is 0.800. The standard InChI is InChI=1S/C25H54O3Si4/c1-11-29(3,4)21-23-31(7,8)19-15-13-17-27-25(26)28-18-14-16-20-32(9,10)24-22-30(5,6)12-2/h11-12H,1-2,13-24H2,3-10H3. The van der Waals surface area contributed by atoms with Gasteiger partial charge in [0.05, 0.1) is 29.4 Å². The molecule has 0 fully saturated rings. The van der Waals surface area contributed by atoms with Crippen molar-refractivity contribution in [1.29, 1.82) is 0 Å². The van der Waals surface area contributed by atoms with Gasteiger partial charge in [-0.15, -0.1) is 24.6 Å². The van der Waals surface area contributed by atoms with Crippen molar-refractivity contribution < 1.29 is 14.3 Å². The van der Waals surface area contributed by atoms with Gasteiger partial charge in [0.2, 0.25) is 0 Å². The number of ether oxygens (including phenoxy) is 2. The van der Waals surface area contributed by atoms with E-state index in [2.05, 4.69) is 76.9 Å². The highest BCUT2D eigenvalue weighted by Crippen LogP contribution is 2.26. The van der Waals surface area contributed by atoms with E-state index in [1.807, 2.05) is 0 Å². The summed E-state index contributed by atoms with van der Waals surface area (Å²) >= 11 is 0. The van der Waals surface area contributed by atoms with Gasteiger partial charge in [-0.05, 0) is 12.8 Å². The minimum absolute atomic E-state index is 0.485. The van der Waals surface area contributed by atoms with E-state index in [0.717, 1.165) is 25.7 Å². The van der Waals surface area contributed by atoms with Crippen LogP contribution in [0.15, 0.2) is 24.6 Å². The molecule has 0 rings (SSSR count). The average molecular weight is 515 g/mol. The average Bonchev–Trinajstić information content (AvgIpc) is 2.70. The van der Waals surface area contributed by atoms with E-state index in [0.29, 0.717) is 13.2 Å². The molecule has 0 atom stereocenters. The van der Waals surface area contributed by atoms with E-state index in [9.17, 15) is 4.79 Å². The molecule has 32 heavy (non-hydrogen) atoms. The van der Waals surface area contributed by atoms with Crippen LogP contribution >= 0.6 is 0 Å². The lowest BCUT2D eigenvalue weighted by Gasteiger charge is -2.26. The molecule has 0 aliphatic rings. The van der Waals surface area contributed by atoms with Crippen LogP contribution in [0.4, 0.5) is 4.79 Å². The first-order chi connectivity index (χ1) is 14.6. The molecule has 0 amide bonds. The van der Waals surface area contributed by atoms with Crippen LogP contribution in [0.2, 0.25) is 88.6 Å². The highest BCUT2D eigenvalue weighted by molar-refractivity contribution is 6.86. The second-order valence-electron chi connectivity index (χ2n) is 12.6. The first-order valence-electron chi connectivity index (χ1n) is 12.7. The Labute approximate surface area is 204 Å². The molecule has 7 heteroatoms. The Bertz CT molecular complexity index is 524. The summed E-state index contributed by atoms with van der Waals surface area (Å²) in [5.74, 6) is 0. The van der Waals surface area contributed by atoms with E-state index in [1.165, 1.54) is 36.3 Å². The van der Waals surface area contributed by atoms with Crippen molar-refractivity contribution >= 4 is 38.5 Å². The van der Waals surface area contributed by atoms with Crippen LogP contribution < -0.4 is 0 Å². The summed E-state index contributed by atoms with van der Waals surface area (Å²) in [6.07, 6.45) is 3.69. The maximum Gasteiger partial charge on any atom is 0.508 e. The largest absolute Gasteiger partial charge is 0.508 e. The van der Waals surface area contributed by atoms with Crippen molar-refractivity contribution in [2.75, 3.05) is 13.2 Å². The fourth-order valence-corrected chi connectivity index (χ4v) is 17.4. The van der Waals surface area contributed by atoms with Crippen molar-refractivity contribution in [3.05, 3.63) is 24.6 Å². The molecular formula is C25H54O3Si4. The number of unbranched alkanes of at least 4 members (excludes halogenated alkanes) is 2. The highest BCUT2D eigenvalue weighted by Gasteiger charge is 2.26. The van der Waals surface area contributed by atoms with Gasteiger partial charge >= 0.3 is 6.16 Å². The lowest BCUT2D eigenvalue weighted by Crippen LogP contribution is -2.31. The maximum absolute atomic E-state index is 11.8. The van der Waals surface area contributed by atoms with Crippen molar-refractivity contribution in [1.82, 2.24) is 0 Å². The van der Waals surface area contributed by atoms with Crippen molar-refractivity contribution in [2.24, 2.45) is 0 Å².